The summed E-state index contributed by atoms with van der Waals surface area (Å²) in [5, 5.41) is 12.1. The second-order valence-electron chi connectivity index (χ2n) is 3.77. The average Bonchev–Trinajstić information content (AvgIpc) is 2.25. The Bertz CT molecular complexity index is 185. The maximum absolute atomic E-state index is 11.7. The molecule has 0 aromatic rings. The molecule has 1 saturated heterocycles. The number of amides is 1. The summed E-state index contributed by atoms with van der Waals surface area (Å²) in [5.74, 6) is 0.165. The number of carbonyl (C=O) groups excluding carboxylic acids is 1. The van der Waals surface area contributed by atoms with E-state index < -0.39 is 0 Å². The molecule has 1 atom stereocenters. The number of hydrogen-bond acceptors (Lipinski definition) is 3. The van der Waals surface area contributed by atoms with Crippen LogP contribution in [-0.2, 0) is 4.79 Å². The molecular formula is C10H20N2O2. The molecule has 1 rings (SSSR count). The first-order valence-electron chi connectivity index (χ1n) is 5.34. The van der Waals surface area contributed by atoms with Crippen LogP contribution >= 0.6 is 0 Å². The summed E-state index contributed by atoms with van der Waals surface area (Å²) in [4.78, 5) is 13.5. The Morgan fingerprint density at radius 3 is 3.00 bits per heavy atom. The molecule has 2 N–H and O–H groups in total. The number of likely N-dealkylation sites (tertiary alicyclic amines) is 1. The molecule has 82 valence electrons. The van der Waals surface area contributed by atoms with E-state index in [1.54, 1.807) is 0 Å². The predicted molar refractivity (Wildman–Crippen MR) is 55.0 cm³/mol. The second kappa shape index (κ2) is 5.98. The van der Waals surface area contributed by atoms with E-state index in [4.69, 9.17) is 5.11 Å². The molecule has 1 fully saturated rings. The molecule has 0 bridgehead atoms. The molecule has 1 heterocycles. The largest absolute Gasteiger partial charge is 0.394 e. The number of nitrogens with one attached hydrogen (secondary N) is 1. The van der Waals surface area contributed by atoms with E-state index in [1.807, 2.05) is 11.9 Å². The van der Waals surface area contributed by atoms with Crippen LogP contribution < -0.4 is 5.32 Å². The van der Waals surface area contributed by atoms with E-state index >= 15 is 0 Å². The van der Waals surface area contributed by atoms with Gasteiger partial charge in [0.15, 0.2) is 0 Å². The van der Waals surface area contributed by atoms with E-state index in [0.29, 0.717) is 13.0 Å². The first-order valence-corrected chi connectivity index (χ1v) is 5.34. The highest BCUT2D eigenvalue weighted by Crippen LogP contribution is 2.17. The third-order valence-electron chi connectivity index (χ3n) is 2.75. The molecular weight excluding hydrogens is 180 g/mol. The zero-order valence-corrected chi connectivity index (χ0v) is 8.83. The van der Waals surface area contributed by atoms with Gasteiger partial charge in [0.25, 0.3) is 0 Å². The number of aliphatic hydroxyl groups excluding tert-OH is 1. The fourth-order valence-electron chi connectivity index (χ4n) is 1.89. The summed E-state index contributed by atoms with van der Waals surface area (Å²) in [5.41, 5.74) is 0. The van der Waals surface area contributed by atoms with Gasteiger partial charge in [-0.3, -0.25) is 4.79 Å². The number of nitrogens with zero attached hydrogens (tertiary/aromatic N) is 1. The standard InChI is InChI=1S/C10H20N2O2/c1-11-6-5-10(14)12-7-3-2-4-9(12)8-13/h9,11,13H,2-8H2,1H3. The van der Waals surface area contributed by atoms with E-state index in [1.165, 1.54) is 0 Å². The van der Waals surface area contributed by atoms with Crippen LogP contribution in [0.4, 0.5) is 0 Å². The van der Waals surface area contributed by atoms with Crippen molar-refractivity contribution in [3.63, 3.8) is 0 Å². The third-order valence-corrected chi connectivity index (χ3v) is 2.75. The van der Waals surface area contributed by atoms with Gasteiger partial charge in [0.05, 0.1) is 12.6 Å². The number of rotatable bonds is 4. The van der Waals surface area contributed by atoms with Crippen LogP contribution in [0.15, 0.2) is 0 Å². The fourth-order valence-corrected chi connectivity index (χ4v) is 1.89. The van der Waals surface area contributed by atoms with Crippen molar-refractivity contribution in [1.82, 2.24) is 10.2 Å². The minimum atomic E-state index is 0.0631. The lowest BCUT2D eigenvalue weighted by Crippen LogP contribution is -2.46. The normalized spacial score (nSPS) is 22.4. The summed E-state index contributed by atoms with van der Waals surface area (Å²) >= 11 is 0. The summed E-state index contributed by atoms with van der Waals surface area (Å²) in [6.07, 6.45) is 3.68. The van der Waals surface area contributed by atoms with Crippen molar-refractivity contribution in [3.8, 4) is 0 Å². The zero-order chi connectivity index (χ0) is 10.4. The third kappa shape index (κ3) is 2.96. The molecule has 0 aromatic heterocycles. The number of carbonyl (C=O) groups is 1. The lowest BCUT2D eigenvalue weighted by Gasteiger charge is -2.34. The van der Waals surface area contributed by atoms with Crippen molar-refractivity contribution in [3.05, 3.63) is 0 Å². The molecule has 14 heavy (non-hydrogen) atoms. The summed E-state index contributed by atoms with van der Waals surface area (Å²) in [6, 6.07) is 0.0631. The van der Waals surface area contributed by atoms with Gasteiger partial charge in [-0.05, 0) is 26.3 Å². The van der Waals surface area contributed by atoms with Crippen molar-refractivity contribution in [2.45, 2.75) is 31.7 Å². The molecule has 4 nitrogen and oxygen atoms in total. The van der Waals surface area contributed by atoms with Crippen LogP contribution in [0, 0.1) is 0 Å². The van der Waals surface area contributed by atoms with E-state index in [0.717, 1.165) is 25.8 Å². The minimum absolute atomic E-state index is 0.0631. The van der Waals surface area contributed by atoms with Gasteiger partial charge < -0.3 is 15.3 Å². The van der Waals surface area contributed by atoms with E-state index in [9.17, 15) is 4.79 Å². The molecule has 1 unspecified atom stereocenters. The van der Waals surface area contributed by atoms with Crippen LogP contribution in [0.5, 0.6) is 0 Å². The maximum atomic E-state index is 11.7. The highest BCUT2D eigenvalue weighted by molar-refractivity contribution is 5.76. The number of hydrogen-bond donors (Lipinski definition) is 2. The van der Waals surface area contributed by atoms with Crippen molar-refractivity contribution >= 4 is 5.91 Å². The van der Waals surface area contributed by atoms with Gasteiger partial charge in [0.1, 0.15) is 0 Å². The smallest absolute Gasteiger partial charge is 0.224 e. The molecule has 1 aliphatic heterocycles. The van der Waals surface area contributed by atoms with Crippen LogP contribution in [0.25, 0.3) is 0 Å². The van der Waals surface area contributed by atoms with Crippen molar-refractivity contribution in [2.24, 2.45) is 0 Å². The molecule has 1 amide bonds. The van der Waals surface area contributed by atoms with Crippen molar-refractivity contribution in [2.75, 3.05) is 26.7 Å². The monoisotopic (exact) mass is 200 g/mol. The van der Waals surface area contributed by atoms with Gasteiger partial charge in [0, 0.05) is 19.5 Å². The fraction of sp³-hybridized carbons (Fsp3) is 0.900. The maximum Gasteiger partial charge on any atom is 0.224 e. The van der Waals surface area contributed by atoms with Crippen LogP contribution in [0.1, 0.15) is 25.7 Å². The molecule has 0 radical (unpaired) electrons. The Balaban J connectivity index is 2.41. The number of piperidine rings is 1. The highest BCUT2D eigenvalue weighted by atomic mass is 16.3. The topological polar surface area (TPSA) is 52.6 Å². The van der Waals surface area contributed by atoms with Crippen LogP contribution in [-0.4, -0.2) is 48.7 Å². The molecule has 0 aliphatic carbocycles. The minimum Gasteiger partial charge on any atom is -0.394 e. The first-order chi connectivity index (χ1) is 6.79. The summed E-state index contributed by atoms with van der Waals surface area (Å²) in [6.45, 7) is 1.63. The summed E-state index contributed by atoms with van der Waals surface area (Å²) in [7, 11) is 1.84. The van der Waals surface area contributed by atoms with E-state index in [2.05, 4.69) is 5.32 Å². The second-order valence-corrected chi connectivity index (χ2v) is 3.77. The predicted octanol–water partition coefficient (Wildman–Crippen LogP) is -0.0307. The van der Waals surface area contributed by atoms with Crippen LogP contribution in [0.2, 0.25) is 0 Å². The van der Waals surface area contributed by atoms with Gasteiger partial charge in [-0.2, -0.15) is 0 Å². The lowest BCUT2D eigenvalue weighted by atomic mass is 10.0. The molecule has 0 saturated carbocycles. The Morgan fingerprint density at radius 2 is 2.36 bits per heavy atom. The Hall–Kier alpha value is -0.610. The van der Waals surface area contributed by atoms with Gasteiger partial charge in [-0.1, -0.05) is 0 Å². The van der Waals surface area contributed by atoms with Crippen molar-refractivity contribution in [1.29, 1.82) is 0 Å². The van der Waals surface area contributed by atoms with Gasteiger partial charge in [0.2, 0.25) is 5.91 Å². The van der Waals surface area contributed by atoms with Gasteiger partial charge >= 0.3 is 0 Å². The number of aliphatic hydroxyl groups is 1. The molecule has 0 aromatic carbocycles. The average molecular weight is 200 g/mol. The quantitative estimate of drug-likeness (QED) is 0.670. The summed E-state index contributed by atoms with van der Waals surface area (Å²) < 4.78 is 0. The Kier molecular flexibility index (Phi) is 4.90. The first kappa shape index (κ1) is 11.5. The zero-order valence-electron chi connectivity index (χ0n) is 8.83. The Labute approximate surface area is 85.3 Å². The highest BCUT2D eigenvalue weighted by Gasteiger charge is 2.25. The molecule has 1 aliphatic rings. The van der Waals surface area contributed by atoms with Gasteiger partial charge in [-0.15, -0.1) is 0 Å². The van der Waals surface area contributed by atoms with Gasteiger partial charge in [-0.25, -0.2) is 0 Å². The Morgan fingerprint density at radius 1 is 1.57 bits per heavy atom. The van der Waals surface area contributed by atoms with Crippen LogP contribution in [0.3, 0.4) is 0 Å². The molecule has 4 heteroatoms. The molecule has 0 spiro atoms. The lowest BCUT2D eigenvalue weighted by molar-refractivity contribution is -0.135. The SMILES string of the molecule is CNCCC(=O)N1CCCCC1CO. The van der Waals surface area contributed by atoms with Crippen molar-refractivity contribution < 1.29 is 9.90 Å². The van der Waals surface area contributed by atoms with E-state index in [-0.39, 0.29) is 18.6 Å².